The summed E-state index contributed by atoms with van der Waals surface area (Å²) in [4.78, 5) is 2.30. The summed E-state index contributed by atoms with van der Waals surface area (Å²) >= 11 is 0. The van der Waals surface area contributed by atoms with Gasteiger partial charge in [-0.25, -0.2) is 4.68 Å². The molecule has 0 spiro atoms. The first-order chi connectivity index (χ1) is 6.65. The third-order valence-electron chi connectivity index (χ3n) is 2.97. The van der Waals surface area contributed by atoms with E-state index in [1.54, 1.807) is 0 Å². The summed E-state index contributed by atoms with van der Waals surface area (Å²) in [6.45, 7) is 8.33. The van der Waals surface area contributed by atoms with Crippen molar-refractivity contribution in [2.24, 2.45) is 0 Å². The van der Waals surface area contributed by atoms with E-state index in [9.17, 15) is 0 Å². The molecule has 0 fully saturated rings. The van der Waals surface area contributed by atoms with Crippen molar-refractivity contribution in [3.05, 3.63) is 5.69 Å². The molecule has 1 atom stereocenters. The molecule has 78 valence electrons. The van der Waals surface area contributed by atoms with Gasteiger partial charge in [0.05, 0.1) is 5.69 Å². The number of aromatic nitrogens is 2. The second-order valence-electron chi connectivity index (χ2n) is 3.94. The van der Waals surface area contributed by atoms with Gasteiger partial charge in [0.2, 0.25) is 0 Å². The zero-order chi connectivity index (χ0) is 10.3. The Morgan fingerprint density at radius 2 is 2.29 bits per heavy atom. The summed E-state index contributed by atoms with van der Waals surface area (Å²) in [5, 5.41) is 7.95. The second-order valence-corrected chi connectivity index (χ2v) is 3.94. The number of rotatable bonds is 1. The zero-order valence-corrected chi connectivity index (χ0v) is 9.33. The maximum absolute atomic E-state index is 4.51. The molecule has 1 aliphatic heterocycles. The SMILES string of the molecule is CCn1nc(C)c2c1N(C)C(C)CN2. The van der Waals surface area contributed by atoms with Crippen LogP contribution in [0, 0.1) is 6.92 Å². The van der Waals surface area contributed by atoms with Gasteiger partial charge in [-0.05, 0) is 20.8 Å². The van der Waals surface area contributed by atoms with Crippen LogP contribution in [-0.4, -0.2) is 29.4 Å². The van der Waals surface area contributed by atoms with E-state index in [-0.39, 0.29) is 0 Å². The van der Waals surface area contributed by atoms with E-state index < -0.39 is 0 Å². The van der Waals surface area contributed by atoms with Crippen molar-refractivity contribution in [1.29, 1.82) is 0 Å². The van der Waals surface area contributed by atoms with Crippen molar-refractivity contribution >= 4 is 11.5 Å². The van der Waals surface area contributed by atoms with E-state index in [1.807, 2.05) is 0 Å². The van der Waals surface area contributed by atoms with Crippen LogP contribution < -0.4 is 10.2 Å². The first-order valence-corrected chi connectivity index (χ1v) is 5.19. The fraction of sp³-hybridized carbons (Fsp3) is 0.700. The lowest BCUT2D eigenvalue weighted by Gasteiger charge is -2.33. The molecule has 0 saturated heterocycles. The van der Waals surface area contributed by atoms with Crippen molar-refractivity contribution < 1.29 is 0 Å². The van der Waals surface area contributed by atoms with Crippen LogP contribution in [-0.2, 0) is 6.54 Å². The van der Waals surface area contributed by atoms with Gasteiger partial charge in [0.1, 0.15) is 5.69 Å². The van der Waals surface area contributed by atoms with Crippen molar-refractivity contribution in [1.82, 2.24) is 9.78 Å². The van der Waals surface area contributed by atoms with E-state index in [2.05, 4.69) is 47.8 Å². The Kier molecular flexibility index (Phi) is 2.13. The lowest BCUT2D eigenvalue weighted by atomic mass is 10.2. The molecule has 14 heavy (non-hydrogen) atoms. The van der Waals surface area contributed by atoms with E-state index >= 15 is 0 Å². The summed E-state index contributed by atoms with van der Waals surface area (Å²) in [5.41, 5.74) is 2.30. The Morgan fingerprint density at radius 1 is 1.57 bits per heavy atom. The topological polar surface area (TPSA) is 33.1 Å². The first kappa shape index (κ1) is 9.37. The summed E-state index contributed by atoms with van der Waals surface area (Å²) in [6, 6.07) is 0.531. The van der Waals surface area contributed by atoms with Crippen LogP contribution in [0.15, 0.2) is 0 Å². The molecule has 1 unspecified atom stereocenters. The Labute approximate surface area is 84.9 Å². The quantitative estimate of drug-likeness (QED) is 0.734. The summed E-state index contributed by atoms with van der Waals surface area (Å²) in [6.07, 6.45) is 0. The Morgan fingerprint density at radius 3 is 2.93 bits per heavy atom. The molecular formula is C10H18N4. The molecule has 4 nitrogen and oxygen atoms in total. The van der Waals surface area contributed by atoms with Gasteiger partial charge < -0.3 is 10.2 Å². The third-order valence-corrected chi connectivity index (χ3v) is 2.97. The minimum Gasteiger partial charge on any atom is -0.378 e. The molecule has 0 aromatic carbocycles. The summed E-state index contributed by atoms with van der Waals surface area (Å²) < 4.78 is 2.06. The van der Waals surface area contributed by atoms with Gasteiger partial charge in [-0.1, -0.05) is 0 Å². The van der Waals surface area contributed by atoms with Gasteiger partial charge in [0.15, 0.2) is 5.82 Å². The van der Waals surface area contributed by atoms with Gasteiger partial charge in [-0.2, -0.15) is 5.10 Å². The highest BCUT2D eigenvalue weighted by Crippen LogP contribution is 2.32. The zero-order valence-electron chi connectivity index (χ0n) is 9.33. The fourth-order valence-corrected chi connectivity index (χ4v) is 1.95. The van der Waals surface area contributed by atoms with Gasteiger partial charge in [0, 0.05) is 26.2 Å². The molecule has 1 aromatic heterocycles. The summed E-state index contributed by atoms with van der Waals surface area (Å²) in [5.74, 6) is 1.23. The highest BCUT2D eigenvalue weighted by molar-refractivity contribution is 5.71. The number of nitrogens with zero attached hydrogens (tertiary/aromatic N) is 3. The molecule has 1 aromatic rings. The number of fused-ring (bicyclic) bond motifs is 1. The second kappa shape index (κ2) is 3.19. The number of aryl methyl sites for hydroxylation is 2. The maximum Gasteiger partial charge on any atom is 0.150 e. The number of nitrogens with one attached hydrogen (secondary N) is 1. The Hall–Kier alpha value is -1.19. The molecular weight excluding hydrogens is 176 g/mol. The Bertz CT molecular complexity index is 342. The number of hydrogen-bond acceptors (Lipinski definition) is 3. The Balaban J connectivity index is 2.51. The van der Waals surface area contributed by atoms with Crippen LogP contribution in [0.5, 0.6) is 0 Å². The number of anilines is 2. The fourth-order valence-electron chi connectivity index (χ4n) is 1.95. The van der Waals surface area contributed by atoms with E-state index in [1.165, 1.54) is 11.5 Å². The predicted molar refractivity (Wildman–Crippen MR) is 59.0 cm³/mol. The van der Waals surface area contributed by atoms with Crippen molar-refractivity contribution in [2.75, 3.05) is 23.8 Å². The minimum atomic E-state index is 0.531. The number of likely N-dealkylation sites (N-methyl/N-ethyl adjacent to an activating group) is 1. The summed E-state index contributed by atoms with van der Waals surface area (Å²) in [7, 11) is 2.14. The minimum absolute atomic E-state index is 0.531. The smallest absolute Gasteiger partial charge is 0.150 e. The van der Waals surface area contributed by atoms with Gasteiger partial charge in [-0.15, -0.1) is 0 Å². The lowest BCUT2D eigenvalue weighted by Crippen LogP contribution is -2.40. The van der Waals surface area contributed by atoms with Crippen LogP contribution in [0.2, 0.25) is 0 Å². The average molecular weight is 194 g/mol. The normalized spacial score (nSPS) is 20.6. The molecule has 0 radical (unpaired) electrons. The van der Waals surface area contributed by atoms with Gasteiger partial charge in [0.25, 0.3) is 0 Å². The molecule has 1 N–H and O–H groups in total. The molecule has 2 heterocycles. The van der Waals surface area contributed by atoms with E-state index in [0.29, 0.717) is 6.04 Å². The van der Waals surface area contributed by atoms with Crippen LogP contribution in [0.1, 0.15) is 19.5 Å². The number of hydrogen-bond donors (Lipinski definition) is 1. The van der Waals surface area contributed by atoms with Crippen molar-refractivity contribution in [2.45, 2.75) is 33.4 Å². The average Bonchev–Trinajstić information content (AvgIpc) is 2.50. The third kappa shape index (κ3) is 1.17. The monoisotopic (exact) mass is 194 g/mol. The van der Waals surface area contributed by atoms with Crippen LogP contribution in [0.3, 0.4) is 0 Å². The van der Waals surface area contributed by atoms with Crippen LogP contribution in [0.25, 0.3) is 0 Å². The lowest BCUT2D eigenvalue weighted by molar-refractivity contribution is 0.609. The highest BCUT2D eigenvalue weighted by Gasteiger charge is 2.25. The standard InChI is InChI=1S/C10H18N4/c1-5-14-10-9(8(3)12-14)11-6-7(2)13(10)4/h7,11H,5-6H2,1-4H3. The molecule has 0 amide bonds. The molecule has 0 bridgehead atoms. The van der Waals surface area contributed by atoms with Gasteiger partial charge in [-0.3, -0.25) is 0 Å². The molecule has 0 saturated carbocycles. The molecule has 4 heteroatoms. The van der Waals surface area contributed by atoms with Crippen molar-refractivity contribution in [3.63, 3.8) is 0 Å². The van der Waals surface area contributed by atoms with Gasteiger partial charge >= 0.3 is 0 Å². The molecule has 2 rings (SSSR count). The largest absolute Gasteiger partial charge is 0.378 e. The van der Waals surface area contributed by atoms with Crippen LogP contribution >= 0.6 is 0 Å². The first-order valence-electron chi connectivity index (χ1n) is 5.19. The molecule has 0 aliphatic carbocycles. The molecule has 1 aliphatic rings. The highest BCUT2D eigenvalue weighted by atomic mass is 15.4. The predicted octanol–water partition coefficient (Wildman–Crippen LogP) is 1.46. The van der Waals surface area contributed by atoms with Crippen molar-refractivity contribution in [3.8, 4) is 0 Å². The van der Waals surface area contributed by atoms with Crippen LogP contribution in [0.4, 0.5) is 11.5 Å². The van der Waals surface area contributed by atoms with E-state index in [4.69, 9.17) is 0 Å². The van der Waals surface area contributed by atoms with E-state index in [0.717, 1.165) is 18.8 Å². The maximum atomic E-state index is 4.51.